The van der Waals surface area contributed by atoms with Crippen LogP contribution < -0.4 is 4.90 Å². The lowest BCUT2D eigenvalue weighted by atomic mass is 9.92. The molecule has 110 valence electrons. The highest BCUT2D eigenvalue weighted by Crippen LogP contribution is 2.30. The maximum Gasteiger partial charge on any atom is 0.308 e. The number of carboxylic acid groups (broad SMARTS) is 1. The normalized spacial score (nSPS) is 22.2. The fourth-order valence-corrected chi connectivity index (χ4v) is 2.79. The molecule has 1 N–H and O–H groups in total. The average Bonchev–Trinajstić information content (AvgIpc) is 2.84. The summed E-state index contributed by atoms with van der Waals surface area (Å²) in [5, 5.41) is 9.33. The van der Waals surface area contributed by atoms with Crippen molar-refractivity contribution >= 4 is 11.8 Å². The lowest BCUT2D eigenvalue weighted by Gasteiger charge is -2.17. The van der Waals surface area contributed by atoms with E-state index in [9.17, 15) is 9.90 Å². The van der Waals surface area contributed by atoms with E-state index in [1.807, 2.05) is 11.0 Å². The molecule has 0 aromatic carbocycles. The molecule has 0 amide bonds. The molecule has 0 spiro atoms. The van der Waals surface area contributed by atoms with Crippen molar-refractivity contribution in [3.8, 4) is 0 Å². The second-order valence-corrected chi connectivity index (χ2v) is 5.20. The van der Waals surface area contributed by atoms with E-state index in [1.165, 1.54) is 6.33 Å². The van der Waals surface area contributed by atoms with E-state index in [0.29, 0.717) is 13.2 Å². The van der Waals surface area contributed by atoms with Gasteiger partial charge < -0.3 is 14.7 Å². The van der Waals surface area contributed by atoms with Gasteiger partial charge in [0, 0.05) is 26.3 Å². The van der Waals surface area contributed by atoms with Crippen LogP contribution in [0.1, 0.15) is 25.5 Å². The van der Waals surface area contributed by atoms with Crippen LogP contribution >= 0.6 is 0 Å². The molecule has 0 radical (unpaired) electrons. The first-order valence-electron chi connectivity index (χ1n) is 6.93. The molecule has 0 bridgehead atoms. The molecule has 0 saturated carbocycles. The molecule has 0 aliphatic carbocycles. The molecule has 6 nitrogen and oxygen atoms in total. The number of ether oxygens (including phenoxy) is 1. The number of hydrogen-bond acceptors (Lipinski definition) is 5. The Morgan fingerprint density at radius 3 is 2.95 bits per heavy atom. The van der Waals surface area contributed by atoms with Crippen LogP contribution in [0.15, 0.2) is 12.4 Å². The fraction of sp³-hybridized carbons (Fsp3) is 0.643. The van der Waals surface area contributed by atoms with Crippen LogP contribution in [0.3, 0.4) is 0 Å². The maximum absolute atomic E-state index is 11.4. The third-order valence-electron chi connectivity index (χ3n) is 3.74. The van der Waals surface area contributed by atoms with Gasteiger partial charge in [0.25, 0.3) is 0 Å². The van der Waals surface area contributed by atoms with Crippen LogP contribution in [0.25, 0.3) is 0 Å². The average molecular weight is 279 g/mol. The quantitative estimate of drug-likeness (QED) is 0.851. The predicted molar refractivity (Wildman–Crippen MR) is 74.5 cm³/mol. The smallest absolute Gasteiger partial charge is 0.308 e. The number of hydrogen-bond donors (Lipinski definition) is 1. The number of rotatable bonds is 6. The van der Waals surface area contributed by atoms with Gasteiger partial charge in [0.05, 0.1) is 18.2 Å². The molecule has 1 aliphatic heterocycles. The molecule has 1 saturated heterocycles. The monoisotopic (exact) mass is 279 g/mol. The Labute approximate surface area is 118 Å². The van der Waals surface area contributed by atoms with Gasteiger partial charge in [0.1, 0.15) is 12.1 Å². The summed E-state index contributed by atoms with van der Waals surface area (Å²) in [5.74, 6) is -0.0387. The standard InChI is InChI=1S/C14H21N3O3/c1-3-4-10-6-17(7-12(10)14(18)19)13-5-11(8-20-2)15-9-16-13/h5,9-10,12H,3-4,6-8H2,1-2H3,(H,18,19)/t10-,12-/m1/s1. The van der Waals surface area contributed by atoms with E-state index >= 15 is 0 Å². The number of aliphatic carboxylic acids is 1. The Hall–Kier alpha value is -1.69. The lowest BCUT2D eigenvalue weighted by Crippen LogP contribution is -2.24. The summed E-state index contributed by atoms with van der Waals surface area (Å²) in [6.07, 6.45) is 3.44. The topological polar surface area (TPSA) is 75.5 Å². The van der Waals surface area contributed by atoms with E-state index in [4.69, 9.17) is 4.74 Å². The number of nitrogens with zero attached hydrogens (tertiary/aromatic N) is 3. The van der Waals surface area contributed by atoms with Crippen LogP contribution in [-0.4, -0.2) is 41.2 Å². The molecule has 1 aromatic rings. The summed E-state index contributed by atoms with van der Waals surface area (Å²) < 4.78 is 5.06. The van der Waals surface area contributed by atoms with Gasteiger partial charge >= 0.3 is 5.97 Å². The van der Waals surface area contributed by atoms with Crippen LogP contribution in [0.4, 0.5) is 5.82 Å². The summed E-state index contributed by atoms with van der Waals surface area (Å²) in [6, 6.07) is 1.87. The first-order valence-corrected chi connectivity index (χ1v) is 6.93. The molecule has 0 unspecified atom stereocenters. The Balaban J connectivity index is 2.13. The van der Waals surface area contributed by atoms with E-state index in [2.05, 4.69) is 16.9 Å². The highest BCUT2D eigenvalue weighted by Gasteiger charge is 2.37. The highest BCUT2D eigenvalue weighted by atomic mass is 16.5. The molecule has 20 heavy (non-hydrogen) atoms. The molecular formula is C14H21N3O3. The molecule has 2 atom stereocenters. The van der Waals surface area contributed by atoms with Gasteiger partial charge in [-0.2, -0.15) is 0 Å². The molecule has 1 aromatic heterocycles. The van der Waals surface area contributed by atoms with Crippen LogP contribution in [0.5, 0.6) is 0 Å². The zero-order chi connectivity index (χ0) is 14.5. The maximum atomic E-state index is 11.4. The Morgan fingerprint density at radius 2 is 2.30 bits per heavy atom. The Kier molecular flexibility index (Phi) is 4.89. The summed E-state index contributed by atoms with van der Waals surface area (Å²) >= 11 is 0. The molecule has 1 aliphatic rings. The van der Waals surface area contributed by atoms with Gasteiger partial charge in [-0.3, -0.25) is 4.79 Å². The van der Waals surface area contributed by atoms with Crippen LogP contribution in [-0.2, 0) is 16.1 Å². The second-order valence-electron chi connectivity index (χ2n) is 5.20. The number of carbonyl (C=O) groups is 1. The molecule has 1 fully saturated rings. The second kappa shape index (κ2) is 6.65. The van der Waals surface area contributed by atoms with Crippen LogP contribution in [0.2, 0.25) is 0 Å². The molecule has 2 heterocycles. The van der Waals surface area contributed by atoms with Crippen LogP contribution in [0, 0.1) is 11.8 Å². The van der Waals surface area contributed by atoms with Gasteiger partial charge in [0.2, 0.25) is 0 Å². The van der Waals surface area contributed by atoms with E-state index in [0.717, 1.165) is 30.9 Å². The van der Waals surface area contributed by atoms with Crippen molar-refractivity contribution < 1.29 is 14.6 Å². The number of methoxy groups -OCH3 is 1. The van der Waals surface area contributed by atoms with Crippen molar-refractivity contribution in [2.24, 2.45) is 11.8 Å². The summed E-state index contributed by atoms with van der Waals surface area (Å²) in [5.41, 5.74) is 0.809. The lowest BCUT2D eigenvalue weighted by molar-refractivity contribution is -0.142. The minimum absolute atomic E-state index is 0.193. The highest BCUT2D eigenvalue weighted by molar-refractivity contribution is 5.72. The SMILES string of the molecule is CCC[C@@H]1CN(c2cc(COC)ncn2)C[C@H]1C(=O)O. The van der Waals surface area contributed by atoms with E-state index in [1.54, 1.807) is 7.11 Å². The summed E-state index contributed by atoms with van der Waals surface area (Å²) in [4.78, 5) is 21.8. The Bertz CT molecular complexity index is 467. The molecular weight excluding hydrogens is 258 g/mol. The fourth-order valence-electron chi connectivity index (χ4n) is 2.79. The van der Waals surface area contributed by atoms with Crippen molar-refractivity contribution in [3.05, 3.63) is 18.1 Å². The minimum atomic E-state index is -0.711. The number of carboxylic acids is 1. The predicted octanol–water partition coefficient (Wildman–Crippen LogP) is 1.56. The third-order valence-corrected chi connectivity index (χ3v) is 3.74. The first kappa shape index (κ1) is 14.7. The van der Waals surface area contributed by atoms with Gasteiger partial charge in [-0.15, -0.1) is 0 Å². The van der Waals surface area contributed by atoms with E-state index in [-0.39, 0.29) is 11.8 Å². The third kappa shape index (κ3) is 3.25. The minimum Gasteiger partial charge on any atom is -0.481 e. The van der Waals surface area contributed by atoms with Gasteiger partial charge in [-0.1, -0.05) is 13.3 Å². The van der Waals surface area contributed by atoms with Crippen molar-refractivity contribution in [1.82, 2.24) is 9.97 Å². The summed E-state index contributed by atoms with van der Waals surface area (Å²) in [6.45, 7) is 3.78. The molecule has 6 heteroatoms. The van der Waals surface area contributed by atoms with Crippen molar-refractivity contribution in [3.63, 3.8) is 0 Å². The van der Waals surface area contributed by atoms with Gasteiger partial charge in [0.15, 0.2) is 0 Å². The zero-order valence-electron chi connectivity index (χ0n) is 12.0. The van der Waals surface area contributed by atoms with Gasteiger partial charge in [-0.25, -0.2) is 9.97 Å². The van der Waals surface area contributed by atoms with Crippen molar-refractivity contribution in [2.75, 3.05) is 25.1 Å². The molecule has 2 rings (SSSR count). The van der Waals surface area contributed by atoms with Crippen molar-refractivity contribution in [2.45, 2.75) is 26.4 Å². The first-order chi connectivity index (χ1) is 9.65. The largest absolute Gasteiger partial charge is 0.481 e. The van der Waals surface area contributed by atoms with Gasteiger partial charge in [-0.05, 0) is 12.3 Å². The number of aromatic nitrogens is 2. The van der Waals surface area contributed by atoms with Crippen molar-refractivity contribution in [1.29, 1.82) is 0 Å². The zero-order valence-corrected chi connectivity index (χ0v) is 12.0. The number of anilines is 1. The summed E-state index contributed by atoms with van der Waals surface area (Å²) in [7, 11) is 1.62. The Morgan fingerprint density at radius 1 is 1.50 bits per heavy atom. The van der Waals surface area contributed by atoms with E-state index < -0.39 is 5.97 Å².